The molecular weight excluding hydrogens is 448 g/mol. The van der Waals surface area contributed by atoms with Crippen LogP contribution < -0.4 is 0 Å². The largest absolute Gasteiger partial charge is 0.333 e. The molecule has 0 radical (unpaired) electrons. The Morgan fingerprint density at radius 2 is 1.15 bits per heavy atom. The van der Waals surface area contributed by atoms with E-state index in [1.807, 2.05) is 65.6 Å². The molecule has 2 fully saturated rings. The molecule has 0 aliphatic carbocycles. The average molecular weight is 485 g/mol. The van der Waals surface area contributed by atoms with Gasteiger partial charge in [0.1, 0.15) is 0 Å². The molecule has 1 amide bonds. The Morgan fingerprint density at radius 3 is 1.65 bits per heavy atom. The molecule has 2 aromatic carbocycles. The normalized spacial score (nSPS) is 18.9. The number of hydrogen-bond acceptors (Lipinski definition) is 4. The molecule has 0 aromatic heterocycles. The van der Waals surface area contributed by atoms with Crippen LogP contribution in [0.5, 0.6) is 0 Å². The highest BCUT2D eigenvalue weighted by molar-refractivity contribution is 7.86. The van der Waals surface area contributed by atoms with Crippen LogP contribution in [0.15, 0.2) is 60.7 Å². The monoisotopic (exact) mass is 484 g/mol. The van der Waals surface area contributed by atoms with E-state index in [4.69, 9.17) is 0 Å². The Bertz CT molecular complexity index is 959. The molecule has 34 heavy (non-hydrogen) atoms. The molecule has 2 aromatic rings. The highest BCUT2D eigenvalue weighted by Gasteiger charge is 2.33. The Balaban J connectivity index is 1.35. The number of nitrogens with zero attached hydrogens (tertiary/aromatic N) is 4. The number of amides is 1. The fourth-order valence-electron chi connectivity index (χ4n) is 4.69. The second-order valence-corrected chi connectivity index (χ2v) is 11.1. The summed E-state index contributed by atoms with van der Waals surface area (Å²) in [6.07, 6.45) is 4.08. The van der Waals surface area contributed by atoms with Crippen LogP contribution in [-0.4, -0.2) is 78.5 Å². The number of carbonyl (C=O) groups excluding carboxylic acids is 1. The molecule has 0 unspecified atom stereocenters. The lowest BCUT2D eigenvalue weighted by molar-refractivity contribution is -0.134. The second-order valence-electron chi connectivity index (χ2n) is 9.22. The van der Waals surface area contributed by atoms with Gasteiger partial charge in [-0.1, -0.05) is 73.5 Å². The molecule has 0 atom stereocenters. The SMILES string of the molecule is O=C(CN1CCN(S(=O)(=O)N2CCCCCC2)CC1)N(Cc1ccccc1)Cc1ccccc1. The van der Waals surface area contributed by atoms with Crippen LogP contribution >= 0.6 is 0 Å². The van der Waals surface area contributed by atoms with E-state index < -0.39 is 10.2 Å². The predicted octanol–water partition coefficient (Wildman–Crippen LogP) is 2.95. The summed E-state index contributed by atoms with van der Waals surface area (Å²) >= 11 is 0. The van der Waals surface area contributed by atoms with Crippen molar-refractivity contribution in [2.24, 2.45) is 0 Å². The van der Waals surface area contributed by atoms with Gasteiger partial charge in [-0.05, 0) is 24.0 Å². The van der Waals surface area contributed by atoms with Gasteiger partial charge in [0.2, 0.25) is 5.91 Å². The maximum Gasteiger partial charge on any atom is 0.282 e. The summed E-state index contributed by atoms with van der Waals surface area (Å²) < 4.78 is 29.4. The van der Waals surface area contributed by atoms with Crippen molar-refractivity contribution < 1.29 is 13.2 Å². The first-order chi connectivity index (χ1) is 16.5. The lowest BCUT2D eigenvalue weighted by Crippen LogP contribution is -2.54. The van der Waals surface area contributed by atoms with Crippen LogP contribution in [0.25, 0.3) is 0 Å². The molecule has 184 valence electrons. The first kappa shape index (κ1) is 24.9. The van der Waals surface area contributed by atoms with E-state index in [9.17, 15) is 13.2 Å². The molecule has 2 saturated heterocycles. The molecule has 2 aliphatic rings. The topological polar surface area (TPSA) is 64.2 Å². The van der Waals surface area contributed by atoms with Crippen molar-refractivity contribution in [3.05, 3.63) is 71.8 Å². The van der Waals surface area contributed by atoms with Crippen molar-refractivity contribution >= 4 is 16.1 Å². The van der Waals surface area contributed by atoms with E-state index in [1.165, 1.54) is 0 Å². The minimum absolute atomic E-state index is 0.0662. The first-order valence-corrected chi connectivity index (χ1v) is 13.8. The Morgan fingerprint density at radius 1 is 0.676 bits per heavy atom. The third-order valence-corrected chi connectivity index (χ3v) is 8.73. The number of piperazine rings is 1. The van der Waals surface area contributed by atoms with Crippen LogP contribution in [0, 0.1) is 0 Å². The number of hydrogen-bond donors (Lipinski definition) is 0. The van der Waals surface area contributed by atoms with Crippen LogP contribution in [0.3, 0.4) is 0 Å². The summed E-state index contributed by atoms with van der Waals surface area (Å²) in [5.41, 5.74) is 2.19. The molecule has 4 rings (SSSR count). The second kappa shape index (κ2) is 11.9. The fraction of sp³-hybridized carbons (Fsp3) is 0.500. The average Bonchev–Trinajstić information content (AvgIpc) is 3.16. The molecule has 8 heteroatoms. The highest BCUT2D eigenvalue weighted by Crippen LogP contribution is 2.18. The van der Waals surface area contributed by atoms with Crippen LogP contribution in [-0.2, 0) is 28.1 Å². The van der Waals surface area contributed by atoms with E-state index in [1.54, 1.807) is 8.61 Å². The summed E-state index contributed by atoms with van der Waals surface area (Å²) in [4.78, 5) is 17.3. The zero-order chi connectivity index (χ0) is 23.8. The van der Waals surface area contributed by atoms with Gasteiger partial charge in [0.15, 0.2) is 0 Å². The number of carbonyl (C=O) groups is 1. The molecule has 2 aliphatic heterocycles. The predicted molar refractivity (Wildman–Crippen MR) is 134 cm³/mol. The van der Waals surface area contributed by atoms with Gasteiger partial charge in [0, 0.05) is 52.4 Å². The zero-order valence-electron chi connectivity index (χ0n) is 19.9. The van der Waals surface area contributed by atoms with Gasteiger partial charge in [-0.25, -0.2) is 0 Å². The molecule has 7 nitrogen and oxygen atoms in total. The van der Waals surface area contributed by atoms with Gasteiger partial charge >= 0.3 is 0 Å². The van der Waals surface area contributed by atoms with Crippen LogP contribution in [0.4, 0.5) is 0 Å². The van der Waals surface area contributed by atoms with Gasteiger partial charge in [0.25, 0.3) is 10.2 Å². The van der Waals surface area contributed by atoms with Gasteiger partial charge in [0.05, 0.1) is 6.54 Å². The molecule has 0 N–H and O–H groups in total. The smallest absolute Gasteiger partial charge is 0.282 e. The van der Waals surface area contributed by atoms with Crippen molar-refractivity contribution in [1.82, 2.24) is 18.4 Å². The highest BCUT2D eigenvalue weighted by atomic mass is 32.2. The van der Waals surface area contributed by atoms with Gasteiger partial charge in [-0.2, -0.15) is 17.0 Å². The summed E-state index contributed by atoms with van der Waals surface area (Å²) in [5, 5.41) is 0. The summed E-state index contributed by atoms with van der Waals surface area (Å²) in [7, 11) is -3.41. The van der Waals surface area contributed by atoms with Crippen molar-refractivity contribution in [2.45, 2.75) is 38.8 Å². The zero-order valence-corrected chi connectivity index (χ0v) is 20.7. The molecule has 0 spiro atoms. The maximum atomic E-state index is 13.3. The van der Waals surface area contributed by atoms with Crippen molar-refractivity contribution in [1.29, 1.82) is 0 Å². The van der Waals surface area contributed by atoms with Gasteiger partial charge in [-0.3, -0.25) is 9.69 Å². The lowest BCUT2D eigenvalue weighted by atomic mass is 10.1. The van der Waals surface area contributed by atoms with E-state index in [0.717, 1.165) is 36.8 Å². The van der Waals surface area contributed by atoms with Crippen molar-refractivity contribution in [2.75, 3.05) is 45.8 Å². The third kappa shape index (κ3) is 6.66. The summed E-state index contributed by atoms with van der Waals surface area (Å²) in [6.45, 7) is 4.66. The van der Waals surface area contributed by atoms with E-state index in [-0.39, 0.29) is 5.91 Å². The molecule has 2 heterocycles. The van der Waals surface area contributed by atoms with Crippen molar-refractivity contribution in [3.8, 4) is 0 Å². The van der Waals surface area contributed by atoms with Gasteiger partial charge < -0.3 is 4.90 Å². The fourth-order valence-corrected chi connectivity index (χ4v) is 6.36. The summed E-state index contributed by atoms with van der Waals surface area (Å²) in [5.74, 6) is 0.0662. The molecule has 0 saturated carbocycles. The lowest BCUT2D eigenvalue weighted by Gasteiger charge is -2.37. The molecular formula is C26H36N4O3S. The van der Waals surface area contributed by atoms with Crippen molar-refractivity contribution in [3.63, 3.8) is 0 Å². The standard InChI is InChI=1S/C26H36N4O3S/c31-26(28(21-24-11-5-3-6-12-24)22-25-13-7-4-8-14-25)23-27-17-19-30(20-18-27)34(32,33)29-15-9-1-2-10-16-29/h3-8,11-14H,1-2,9-10,15-23H2. The first-order valence-electron chi connectivity index (χ1n) is 12.4. The Labute approximate surface area is 204 Å². The van der Waals surface area contributed by atoms with E-state index >= 15 is 0 Å². The van der Waals surface area contributed by atoms with E-state index in [2.05, 4.69) is 4.90 Å². The van der Waals surface area contributed by atoms with E-state index in [0.29, 0.717) is 58.9 Å². The molecule has 0 bridgehead atoms. The minimum atomic E-state index is -3.41. The summed E-state index contributed by atoms with van der Waals surface area (Å²) in [6, 6.07) is 20.1. The Kier molecular flexibility index (Phi) is 8.72. The number of rotatable bonds is 8. The van der Waals surface area contributed by atoms with Crippen LogP contribution in [0.2, 0.25) is 0 Å². The maximum absolute atomic E-state index is 13.3. The van der Waals surface area contributed by atoms with Gasteiger partial charge in [-0.15, -0.1) is 0 Å². The quantitative estimate of drug-likeness (QED) is 0.578. The number of benzene rings is 2. The Hall–Kier alpha value is -2.26. The van der Waals surface area contributed by atoms with Crippen LogP contribution in [0.1, 0.15) is 36.8 Å². The third-order valence-electron chi connectivity index (χ3n) is 6.69. The minimum Gasteiger partial charge on any atom is -0.333 e.